The predicted octanol–water partition coefficient (Wildman–Crippen LogP) is 4.78. The van der Waals surface area contributed by atoms with Crippen molar-refractivity contribution in [3.63, 3.8) is 0 Å². The number of ether oxygens (including phenoxy) is 1. The Morgan fingerprint density at radius 2 is 1.90 bits per heavy atom. The number of hydrogen-bond donors (Lipinski definition) is 2. The van der Waals surface area contributed by atoms with Crippen LogP contribution < -0.4 is 10.2 Å². The number of nitrogens with one attached hydrogen (secondary N) is 1. The van der Waals surface area contributed by atoms with Crippen LogP contribution in [0, 0.1) is 0 Å². The second kappa shape index (κ2) is 8.58. The molecule has 0 bridgehead atoms. The molecule has 0 saturated carbocycles. The summed E-state index contributed by atoms with van der Waals surface area (Å²) in [6.45, 7) is 9.71. The molecule has 2 aromatic heterocycles. The number of aryl methyl sites for hydroxylation is 1. The zero-order valence-electron chi connectivity index (χ0n) is 16.8. The Kier molecular flexibility index (Phi) is 5.95. The Hall–Kier alpha value is -3.64. The van der Waals surface area contributed by atoms with Gasteiger partial charge in [0.2, 0.25) is 0 Å². The van der Waals surface area contributed by atoms with Crippen LogP contribution in [0.25, 0.3) is 40.2 Å². The Balaban J connectivity index is 2.21. The van der Waals surface area contributed by atoms with Crippen LogP contribution in [-0.2, 0) is 7.05 Å². The lowest BCUT2D eigenvalue weighted by molar-refractivity contribution is 0.224. The molecular weight excluding hydrogens is 364 g/mol. The van der Waals surface area contributed by atoms with Gasteiger partial charge in [-0.3, -0.25) is 15.4 Å². The van der Waals surface area contributed by atoms with E-state index in [2.05, 4.69) is 23.7 Å². The van der Waals surface area contributed by atoms with Crippen LogP contribution in [0.1, 0.15) is 23.7 Å². The van der Waals surface area contributed by atoms with Crippen molar-refractivity contribution in [2.24, 2.45) is 7.05 Å². The molecule has 3 aromatic rings. The second-order valence-corrected chi connectivity index (χ2v) is 6.44. The molecule has 0 amide bonds. The van der Waals surface area contributed by atoms with E-state index in [-0.39, 0.29) is 0 Å². The molecule has 0 aliphatic carbocycles. The first kappa shape index (κ1) is 20.1. The number of rotatable bonds is 7. The molecular formula is C23H24N4O2. The number of nitrogens with zero attached hydrogens (tertiary/aromatic N) is 3. The van der Waals surface area contributed by atoms with Gasteiger partial charge in [0.15, 0.2) is 5.75 Å². The van der Waals surface area contributed by atoms with Gasteiger partial charge in [0.05, 0.1) is 30.3 Å². The molecule has 0 fully saturated rings. The highest BCUT2D eigenvalue weighted by molar-refractivity contribution is 5.86. The molecule has 0 saturated heterocycles. The summed E-state index contributed by atoms with van der Waals surface area (Å²) in [5, 5.41) is 13.7. The summed E-state index contributed by atoms with van der Waals surface area (Å²) in [5.41, 5.74) is 8.09. The van der Waals surface area contributed by atoms with Crippen LogP contribution in [-0.4, -0.2) is 27.1 Å². The second-order valence-electron chi connectivity index (χ2n) is 6.44. The highest BCUT2D eigenvalue weighted by atomic mass is 16.5. The summed E-state index contributed by atoms with van der Waals surface area (Å²) >= 11 is 0. The minimum Gasteiger partial charge on any atom is -0.494 e. The maximum absolute atomic E-state index is 9.49. The largest absolute Gasteiger partial charge is 0.494 e. The van der Waals surface area contributed by atoms with Gasteiger partial charge in [-0.2, -0.15) is 5.10 Å². The summed E-state index contributed by atoms with van der Waals surface area (Å²) in [5.74, 6) is 0.508. The Morgan fingerprint density at radius 1 is 1.21 bits per heavy atom. The fourth-order valence-electron chi connectivity index (χ4n) is 3.23. The van der Waals surface area contributed by atoms with Gasteiger partial charge < -0.3 is 4.74 Å². The SMILES string of the molecule is C=Cc1c(/C=C\C)nc(-c2ccc(-c3cnn(C)c3)cc2)c(OC)c1C(=C)NO. The summed E-state index contributed by atoms with van der Waals surface area (Å²) in [4.78, 5) is 4.81. The van der Waals surface area contributed by atoms with E-state index in [4.69, 9.17) is 9.72 Å². The van der Waals surface area contributed by atoms with E-state index in [1.165, 1.54) is 0 Å². The third kappa shape index (κ3) is 3.83. The summed E-state index contributed by atoms with van der Waals surface area (Å²) < 4.78 is 7.46. The maximum atomic E-state index is 9.49. The molecule has 6 heteroatoms. The van der Waals surface area contributed by atoms with Crippen LogP contribution >= 0.6 is 0 Å². The number of methoxy groups -OCH3 is 1. The first-order valence-corrected chi connectivity index (χ1v) is 9.10. The quantitative estimate of drug-likeness (QED) is 0.570. The van der Waals surface area contributed by atoms with E-state index in [1.54, 1.807) is 17.9 Å². The summed E-state index contributed by atoms with van der Waals surface area (Å²) in [6.07, 6.45) is 9.25. The van der Waals surface area contributed by atoms with Gasteiger partial charge in [-0.15, -0.1) is 0 Å². The monoisotopic (exact) mass is 388 g/mol. The zero-order chi connectivity index (χ0) is 21.0. The first-order chi connectivity index (χ1) is 14.0. The Labute approximate surface area is 170 Å². The third-order valence-electron chi connectivity index (χ3n) is 4.59. The number of aromatic nitrogens is 3. The lowest BCUT2D eigenvalue weighted by Crippen LogP contribution is -2.10. The van der Waals surface area contributed by atoms with E-state index < -0.39 is 0 Å². The molecule has 0 atom stereocenters. The first-order valence-electron chi connectivity index (χ1n) is 9.10. The van der Waals surface area contributed by atoms with Crippen LogP contribution in [0.3, 0.4) is 0 Å². The molecule has 6 nitrogen and oxygen atoms in total. The minimum atomic E-state index is 0.304. The van der Waals surface area contributed by atoms with Gasteiger partial charge in [-0.25, -0.2) is 4.98 Å². The highest BCUT2D eigenvalue weighted by Gasteiger charge is 2.21. The van der Waals surface area contributed by atoms with Gasteiger partial charge in [-0.1, -0.05) is 49.6 Å². The van der Waals surface area contributed by atoms with Gasteiger partial charge in [0, 0.05) is 29.9 Å². The van der Waals surface area contributed by atoms with Crippen molar-refractivity contribution >= 4 is 17.8 Å². The van der Waals surface area contributed by atoms with Crippen LogP contribution in [0.5, 0.6) is 5.75 Å². The van der Waals surface area contributed by atoms with Gasteiger partial charge >= 0.3 is 0 Å². The molecule has 2 N–H and O–H groups in total. The average molecular weight is 388 g/mol. The van der Waals surface area contributed by atoms with Crippen LogP contribution in [0.4, 0.5) is 0 Å². The number of hydroxylamine groups is 1. The molecule has 148 valence electrons. The van der Waals surface area contributed by atoms with Crippen molar-refractivity contribution in [3.8, 4) is 28.1 Å². The van der Waals surface area contributed by atoms with Gasteiger partial charge in [0.1, 0.15) is 5.69 Å². The van der Waals surface area contributed by atoms with E-state index in [9.17, 15) is 5.21 Å². The fraction of sp³-hybridized carbons (Fsp3) is 0.130. The third-order valence-corrected chi connectivity index (χ3v) is 4.59. The molecule has 0 aliphatic rings. The van der Waals surface area contributed by atoms with E-state index in [1.807, 2.05) is 62.8 Å². The van der Waals surface area contributed by atoms with E-state index in [0.29, 0.717) is 28.4 Å². The standard InChI is InChI=1S/C23H24N4O2/c1-6-8-20-19(7-2)21(15(3)26-28)23(29-5)22(25-20)17-11-9-16(10-12-17)18-13-24-27(4)14-18/h6-14,26,28H,2-3H2,1,4-5H3/b8-6-. The fourth-order valence-corrected chi connectivity index (χ4v) is 3.23. The number of benzene rings is 1. The van der Waals surface area contributed by atoms with Crippen molar-refractivity contribution in [2.45, 2.75) is 6.92 Å². The van der Waals surface area contributed by atoms with Crippen molar-refractivity contribution < 1.29 is 9.94 Å². The molecule has 2 heterocycles. The lowest BCUT2D eigenvalue weighted by Gasteiger charge is -2.19. The summed E-state index contributed by atoms with van der Waals surface area (Å²) in [6, 6.07) is 8.00. The molecule has 0 unspecified atom stereocenters. The molecule has 3 rings (SSSR count). The lowest BCUT2D eigenvalue weighted by atomic mass is 9.97. The molecule has 0 spiro atoms. The topological polar surface area (TPSA) is 72.2 Å². The van der Waals surface area contributed by atoms with E-state index >= 15 is 0 Å². The smallest absolute Gasteiger partial charge is 0.155 e. The van der Waals surface area contributed by atoms with Crippen molar-refractivity contribution in [1.29, 1.82) is 0 Å². The van der Waals surface area contributed by atoms with Crippen molar-refractivity contribution in [3.05, 3.63) is 72.7 Å². The number of pyridine rings is 1. The van der Waals surface area contributed by atoms with Crippen molar-refractivity contribution in [1.82, 2.24) is 20.2 Å². The predicted molar refractivity (Wildman–Crippen MR) is 117 cm³/mol. The highest BCUT2D eigenvalue weighted by Crippen LogP contribution is 2.39. The van der Waals surface area contributed by atoms with E-state index in [0.717, 1.165) is 22.3 Å². The van der Waals surface area contributed by atoms with Crippen LogP contribution in [0.15, 0.2) is 55.9 Å². The minimum absolute atomic E-state index is 0.304. The zero-order valence-corrected chi connectivity index (χ0v) is 16.8. The number of allylic oxidation sites excluding steroid dienone is 1. The maximum Gasteiger partial charge on any atom is 0.155 e. The van der Waals surface area contributed by atoms with Crippen LogP contribution in [0.2, 0.25) is 0 Å². The van der Waals surface area contributed by atoms with Gasteiger partial charge in [-0.05, 0) is 18.6 Å². The Bertz CT molecular complexity index is 1080. The molecule has 0 radical (unpaired) electrons. The summed E-state index contributed by atoms with van der Waals surface area (Å²) in [7, 11) is 3.46. The molecule has 1 aromatic carbocycles. The number of hydrogen-bond acceptors (Lipinski definition) is 5. The molecule has 29 heavy (non-hydrogen) atoms. The van der Waals surface area contributed by atoms with Crippen molar-refractivity contribution in [2.75, 3.05) is 7.11 Å². The van der Waals surface area contributed by atoms with Gasteiger partial charge in [0.25, 0.3) is 0 Å². The average Bonchev–Trinajstić information content (AvgIpc) is 3.18. The Morgan fingerprint density at radius 3 is 2.41 bits per heavy atom. The normalized spacial score (nSPS) is 10.9. The molecule has 0 aliphatic heterocycles.